The number of nitro groups is 1. The molecule has 0 aliphatic carbocycles. The number of nitrogens with one attached hydrogen (secondary N) is 2. The number of benzene rings is 4. The first kappa shape index (κ1) is 24.9. The highest BCUT2D eigenvalue weighted by molar-refractivity contribution is 6.01. The van der Waals surface area contributed by atoms with Gasteiger partial charge in [-0.3, -0.25) is 10.1 Å². The van der Waals surface area contributed by atoms with Gasteiger partial charge in [0, 0.05) is 23.5 Å². The normalized spacial score (nSPS) is 10.4. The van der Waals surface area contributed by atoms with Gasteiger partial charge in [0.05, 0.1) is 12.0 Å². The van der Waals surface area contributed by atoms with Gasteiger partial charge in [0.15, 0.2) is 0 Å². The summed E-state index contributed by atoms with van der Waals surface area (Å²) >= 11 is 0. The molecule has 4 rings (SSSR count). The molecule has 0 fully saturated rings. The van der Waals surface area contributed by atoms with E-state index in [1.54, 1.807) is 12.1 Å². The molecule has 0 aliphatic heterocycles. The third-order valence-electron chi connectivity index (χ3n) is 5.43. The van der Waals surface area contributed by atoms with Crippen LogP contribution >= 0.6 is 0 Å². The average Bonchev–Trinajstić information content (AvgIpc) is 2.93. The monoisotopic (exact) mass is 497 g/mol. The lowest BCUT2D eigenvalue weighted by molar-refractivity contribution is -0.384. The molecule has 186 valence electrons. The Morgan fingerprint density at radius 3 is 1.86 bits per heavy atom. The Balaban J connectivity index is 1.57. The van der Waals surface area contributed by atoms with E-state index in [1.807, 2.05) is 60.7 Å². The van der Waals surface area contributed by atoms with Crippen molar-refractivity contribution in [3.8, 4) is 5.75 Å². The number of hydrogen-bond donors (Lipinski definition) is 2. The van der Waals surface area contributed by atoms with Gasteiger partial charge in [-0.15, -0.1) is 0 Å². The Hall–Kier alpha value is -5.18. The van der Waals surface area contributed by atoms with Crippen LogP contribution in [0.4, 0.5) is 21.9 Å². The van der Waals surface area contributed by atoms with Crippen molar-refractivity contribution in [1.29, 1.82) is 0 Å². The maximum Gasteiger partial charge on any atom is 0.341 e. The second-order valence-electron chi connectivity index (χ2n) is 7.90. The SMILES string of the molecule is COC(=O)c1cc(NC(=O)Nc2ccc([N+](=O)[O-])cc2)ccc1OC(c1ccccc1)c1ccccc1. The minimum absolute atomic E-state index is 0.0893. The van der Waals surface area contributed by atoms with Gasteiger partial charge in [-0.1, -0.05) is 60.7 Å². The van der Waals surface area contributed by atoms with Crippen LogP contribution < -0.4 is 15.4 Å². The molecule has 0 spiro atoms. The van der Waals surface area contributed by atoms with Crippen LogP contribution in [0, 0.1) is 10.1 Å². The van der Waals surface area contributed by atoms with E-state index in [-0.39, 0.29) is 17.0 Å². The molecule has 4 aromatic rings. The molecule has 0 unspecified atom stereocenters. The summed E-state index contributed by atoms with van der Waals surface area (Å²) in [4.78, 5) is 35.4. The van der Waals surface area contributed by atoms with Crippen molar-refractivity contribution < 1.29 is 24.0 Å². The lowest BCUT2D eigenvalue weighted by Crippen LogP contribution is -2.20. The van der Waals surface area contributed by atoms with Crippen LogP contribution in [0.1, 0.15) is 27.6 Å². The topological polar surface area (TPSA) is 120 Å². The second kappa shape index (κ2) is 11.5. The molecule has 9 heteroatoms. The van der Waals surface area contributed by atoms with Gasteiger partial charge in [-0.25, -0.2) is 9.59 Å². The number of nitro benzene ring substituents is 1. The zero-order valence-electron chi connectivity index (χ0n) is 19.8. The Bertz CT molecular complexity index is 1350. The highest BCUT2D eigenvalue weighted by Gasteiger charge is 2.21. The minimum atomic E-state index is -0.630. The van der Waals surface area contributed by atoms with E-state index in [4.69, 9.17) is 9.47 Å². The van der Waals surface area contributed by atoms with Gasteiger partial charge in [0.2, 0.25) is 0 Å². The summed E-state index contributed by atoms with van der Waals surface area (Å²) in [6.45, 7) is 0. The third-order valence-corrected chi connectivity index (χ3v) is 5.43. The molecule has 0 aromatic heterocycles. The molecule has 0 atom stereocenters. The van der Waals surface area contributed by atoms with Crippen LogP contribution in [0.25, 0.3) is 0 Å². The van der Waals surface area contributed by atoms with Crippen LogP contribution in [0.2, 0.25) is 0 Å². The number of methoxy groups -OCH3 is 1. The van der Waals surface area contributed by atoms with Gasteiger partial charge in [0.25, 0.3) is 5.69 Å². The van der Waals surface area contributed by atoms with Gasteiger partial charge >= 0.3 is 12.0 Å². The number of ether oxygens (including phenoxy) is 2. The Labute approximate surface area is 212 Å². The summed E-state index contributed by atoms with van der Waals surface area (Å²) in [5.74, 6) is -0.347. The molecule has 0 aliphatic rings. The smallest absolute Gasteiger partial charge is 0.341 e. The van der Waals surface area contributed by atoms with E-state index in [0.717, 1.165) is 11.1 Å². The lowest BCUT2D eigenvalue weighted by Gasteiger charge is -2.22. The molecule has 0 saturated heterocycles. The van der Waals surface area contributed by atoms with E-state index in [2.05, 4.69) is 10.6 Å². The number of rotatable bonds is 8. The fraction of sp³-hybridized carbons (Fsp3) is 0.0714. The van der Waals surface area contributed by atoms with Crippen LogP contribution in [0.3, 0.4) is 0 Å². The minimum Gasteiger partial charge on any atom is -0.480 e. The molecular formula is C28H23N3O6. The summed E-state index contributed by atoms with van der Waals surface area (Å²) in [6.07, 6.45) is -0.491. The second-order valence-corrected chi connectivity index (χ2v) is 7.90. The number of anilines is 2. The van der Waals surface area contributed by atoms with Crippen molar-refractivity contribution in [2.45, 2.75) is 6.10 Å². The molecule has 2 N–H and O–H groups in total. The van der Waals surface area contributed by atoms with Crippen LogP contribution in [-0.4, -0.2) is 24.0 Å². The number of amides is 2. The highest BCUT2D eigenvalue weighted by atomic mass is 16.6. The van der Waals surface area contributed by atoms with E-state index in [9.17, 15) is 19.7 Å². The highest BCUT2D eigenvalue weighted by Crippen LogP contribution is 2.32. The lowest BCUT2D eigenvalue weighted by atomic mass is 10.0. The van der Waals surface area contributed by atoms with Gasteiger partial charge in [0.1, 0.15) is 17.4 Å². The molecule has 4 aromatic carbocycles. The molecule has 37 heavy (non-hydrogen) atoms. The molecular weight excluding hydrogens is 474 g/mol. The standard InChI is InChI=1S/C28H23N3O6/c1-36-27(32)24-18-22(30-28(33)29-21-12-15-23(16-13-21)31(34)35)14-17-25(24)37-26(19-8-4-2-5-9-19)20-10-6-3-7-11-20/h2-18,26H,1H3,(H2,29,30,33). The van der Waals surface area contributed by atoms with Crippen LogP contribution in [0.5, 0.6) is 5.75 Å². The zero-order chi connectivity index (χ0) is 26.2. The van der Waals surface area contributed by atoms with E-state index in [1.165, 1.54) is 37.4 Å². The quantitative estimate of drug-likeness (QED) is 0.170. The Morgan fingerprint density at radius 1 is 0.784 bits per heavy atom. The Morgan fingerprint density at radius 2 is 1.32 bits per heavy atom. The molecule has 0 bridgehead atoms. The van der Waals surface area contributed by atoms with Crippen molar-refractivity contribution in [2.24, 2.45) is 0 Å². The first-order chi connectivity index (χ1) is 17.9. The summed E-state index contributed by atoms with van der Waals surface area (Å²) in [5, 5.41) is 16.0. The number of nitrogens with zero attached hydrogens (tertiary/aromatic N) is 1. The molecule has 0 radical (unpaired) electrons. The third kappa shape index (κ3) is 6.29. The fourth-order valence-corrected chi connectivity index (χ4v) is 3.65. The number of carbonyl (C=O) groups excluding carboxylic acids is 2. The van der Waals surface area contributed by atoms with Crippen LogP contribution in [0.15, 0.2) is 103 Å². The number of urea groups is 1. The first-order valence-corrected chi connectivity index (χ1v) is 11.3. The number of esters is 1. The number of non-ortho nitro benzene ring substituents is 1. The summed E-state index contributed by atoms with van der Waals surface area (Å²) in [5.41, 5.74) is 2.53. The fourth-order valence-electron chi connectivity index (χ4n) is 3.65. The van der Waals surface area contributed by atoms with Crippen molar-refractivity contribution >= 4 is 29.1 Å². The van der Waals surface area contributed by atoms with Crippen molar-refractivity contribution in [3.05, 3.63) is 130 Å². The van der Waals surface area contributed by atoms with Crippen molar-refractivity contribution in [1.82, 2.24) is 0 Å². The zero-order valence-corrected chi connectivity index (χ0v) is 19.8. The molecule has 0 saturated carbocycles. The predicted molar refractivity (Wildman–Crippen MR) is 139 cm³/mol. The average molecular weight is 498 g/mol. The maximum absolute atomic E-state index is 12.6. The van der Waals surface area contributed by atoms with Gasteiger partial charge in [-0.2, -0.15) is 0 Å². The maximum atomic E-state index is 12.6. The number of hydrogen-bond acceptors (Lipinski definition) is 6. The van der Waals surface area contributed by atoms with Gasteiger partial charge < -0.3 is 20.1 Å². The van der Waals surface area contributed by atoms with Crippen molar-refractivity contribution in [3.63, 3.8) is 0 Å². The summed E-state index contributed by atoms with van der Waals surface area (Å²) in [7, 11) is 1.26. The molecule has 0 heterocycles. The van der Waals surface area contributed by atoms with E-state index >= 15 is 0 Å². The van der Waals surface area contributed by atoms with Crippen LogP contribution in [-0.2, 0) is 4.74 Å². The first-order valence-electron chi connectivity index (χ1n) is 11.3. The summed E-state index contributed by atoms with van der Waals surface area (Å²) < 4.78 is 11.3. The van der Waals surface area contributed by atoms with E-state index < -0.39 is 23.0 Å². The van der Waals surface area contributed by atoms with Gasteiger partial charge in [-0.05, 0) is 41.5 Å². The molecule has 9 nitrogen and oxygen atoms in total. The molecule has 2 amide bonds. The Kier molecular flexibility index (Phi) is 7.75. The van der Waals surface area contributed by atoms with Crippen molar-refractivity contribution in [2.75, 3.05) is 17.7 Å². The number of carbonyl (C=O) groups is 2. The largest absolute Gasteiger partial charge is 0.480 e. The van der Waals surface area contributed by atoms with E-state index in [0.29, 0.717) is 11.4 Å². The predicted octanol–water partition coefficient (Wildman–Crippen LogP) is 6.19. The summed E-state index contributed by atoms with van der Waals surface area (Å²) in [6, 6.07) is 28.7.